The monoisotopic (exact) mass is 401 g/mol. The molecule has 3 N–H and O–H groups in total. The minimum absolute atomic E-state index is 0. The number of nitrogens with two attached hydrogens (primary N) is 1. The van der Waals surface area contributed by atoms with E-state index in [1.165, 1.54) is 16.0 Å². The van der Waals surface area contributed by atoms with Crippen LogP contribution in [0.15, 0.2) is 40.7 Å². The average molecular weight is 401 g/mol. The average Bonchev–Trinajstić information content (AvgIpc) is 2.80. The summed E-state index contributed by atoms with van der Waals surface area (Å²) in [5.74, 6) is 0.474. The second-order valence-electron chi connectivity index (χ2n) is 4.60. The van der Waals surface area contributed by atoms with Gasteiger partial charge in [0.05, 0.1) is 0 Å². The van der Waals surface area contributed by atoms with Gasteiger partial charge in [-0.05, 0) is 48.6 Å². The SMILES string of the molecule is Cc1cc(C)cc(NC(N)=NCCc2cccs2)c1.I. The zero-order valence-electron chi connectivity index (χ0n) is 11.7. The van der Waals surface area contributed by atoms with Gasteiger partial charge in [0.1, 0.15) is 0 Å². The van der Waals surface area contributed by atoms with Gasteiger partial charge in [0.2, 0.25) is 0 Å². The van der Waals surface area contributed by atoms with Gasteiger partial charge in [0, 0.05) is 23.5 Å². The highest BCUT2D eigenvalue weighted by Crippen LogP contribution is 2.13. The molecule has 20 heavy (non-hydrogen) atoms. The molecule has 0 saturated carbocycles. The van der Waals surface area contributed by atoms with E-state index < -0.39 is 0 Å². The van der Waals surface area contributed by atoms with Gasteiger partial charge in [-0.3, -0.25) is 4.99 Å². The molecule has 5 heteroatoms. The van der Waals surface area contributed by atoms with Crippen LogP contribution in [-0.2, 0) is 6.42 Å². The summed E-state index contributed by atoms with van der Waals surface area (Å²) in [7, 11) is 0. The molecule has 3 nitrogen and oxygen atoms in total. The van der Waals surface area contributed by atoms with Crippen molar-refractivity contribution in [3.8, 4) is 0 Å². The van der Waals surface area contributed by atoms with E-state index in [1.807, 2.05) is 0 Å². The van der Waals surface area contributed by atoms with E-state index in [0.717, 1.165) is 12.1 Å². The van der Waals surface area contributed by atoms with Gasteiger partial charge in [-0.2, -0.15) is 0 Å². The molecule has 2 aromatic rings. The molecule has 1 aromatic heterocycles. The quantitative estimate of drug-likeness (QED) is 0.463. The van der Waals surface area contributed by atoms with Crippen LogP contribution in [0.25, 0.3) is 0 Å². The Bertz CT molecular complexity index is 544. The molecule has 0 bridgehead atoms. The molecule has 0 atom stereocenters. The van der Waals surface area contributed by atoms with Gasteiger partial charge in [-0.15, -0.1) is 35.3 Å². The first kappa shape index (κ1) is 17.0. The number of nitrogens with zero attached hydrogens (tertiary/aromatic N) is 1. The highest BCUT2D eigenvalue weighted by atomic mass is 127. The highest BCUT2D eigenvalue weighted by Gasteiger charge is 1.98. The van der Waals surface area contributed by atoms with Gasteiger partial charge >= 0.3 is 0 Å². The van der Waals surface area contributed by atoms with Crippen molar-refractivity contribution in [3.05, 3.63) is 51.7 Å². The van der Waals surface area contributed by atoms with Crippen LogP contribution < -0.4 is 11.1 Å². The van der Waals surface area contributed by atoms with E-state index in [9.17, 15) is 0 Å². The summed E-state index contributed by atoms with van der Waals surface area (Å²) in [6, 6.07) is 10.4. The number of aliphatic imine (C=N–C) groups is 1. The molecular weight excluding hydrogens is 381 g/mol. The van der Waals surface area contributed by atoms with Crippen LogP contribution in [0, 0.1) is 13.8 Å². The number of halogens is 1. The molecule has 2 rings (SSSR count). The third-order valence-electron chi connectivity index (χ3n) is 2.71. The largest absolute Gasteiger partial charge is 0.370 e. The zero-order valence-corrected chi connectivity index (χ0v) is 14.9. The predicted octanol–water partition coefficient (Wildman–Crippen LogP) is 3.95. The molecular formula is C15H20IN3S. The van der Waals surface area contributed by atoms with E-state index in [1.54, 1.807) is 11.3 Å². The molecule has 0 radical (unpaired) electrons. The van der Waals surface area contributed by atoms with Crippen LogP contribution in [0.1, 0.15) is 16.0 Å². The van der Waals surface area contributed by atoms with Crippen molar-refractivity contribution in [2.45, 2.75) is 20.3 Å². The van der Waals surface area contributed by atoms with E-state index in [-0.39, 0.29) is 24.0 Å². The number of hydrogen-bond acceptors (Lipinski definition) is 2. The first-order valence-electron chi connectivity index (χ1n) is 6.31. The maximum Gasteiger partial charge on any atom is 0.193 e. The van der Waals surface area contributed by atoms with Crippen LogP contribution in [0.2, 0.25) is 0 Å². The number of aryl methyl sites for hydroxylation is 2. The van der Waals surface area contributed by atoms with Crippen molar-refractivity contribution in [1.29, 1.82) is 0 Å². The lowest BCUT2D eigenvalue weighted by atomic mass is 10.1. The number of benzene rings is 1. The Labute approximate surface area is 141 Å². The summed E-state index contributed by atoms with van der Waals surface area (Å²) in [6.07, 6.45) is 0.937. The first-order valence-corrected chi connectivity index (χ1v) is 7.19. The lowest BCUT2D eigenvalue weighted by Crippen LogP contribution is -2.23. The minimum Gasteiger partial charge on any atom is -0.370 e. The summed E-state index contributed by atoms with van der Waals surface area (Å²) < 4.78 is 0. The Hall–Kier alpha value is -1.08. The summed E-state index contributed by atoms with van der Waals surface area (Å²) in [5, 5.41) is 5.21. The van der Waals surface area contributed by atoms with Crippen molar-refractivity contribution in [3.63, 3.8) is 0 Å². The first-order chi connectivity index (χ1) is 9.13. The van der Waals surface area contributed by atoms with Crippen molar-refractivity contribution in [1.82, 2.24) is 0 Å². The number of guanidine groups is 1. The molecule has 0 aliphatic heterocycles. The fourth-order valence-corrected chi connectivity index (χ4v) is 2.67. The lowest BCUT2D eigenvalue weighted by Gasteiger charge is -2.07. The van der Waals surface area contributed by atoms with Crippen molar-refractivity contribution in [2.75, 3.05) is 11.9 Å². The van der Waals surface area contributed by atoms with E-state index >= 15 is 0 Å². The van der Waals surface area contributed by atoms with Crippen LogP contribution in [0.3, 0.4) is 0 Å². The Morgan fingerprint density at radius 3 is 2.55 bits per heavy atom. The summed E-state index contributed by atoms with van der Waals surface area (Å²) in [5.41, 5.74) is 9.32. The third kappa shape index (κ3) is 5.50. The molecule has 0 unspecified atom stereocenters. The molecule has 0 spiro atoms. The van der Waals surface area contributed by atoms with Crippen molar-refractivity contribution < 1.29 is 0 Å². The van der Waals surface area contributed by atoms with Gasteiger partial charge in [0.15, 0.2) is 5.96 Å². The normalized spacial score (nSPS) is 11.0. The van der Waals surface area contributed by atoms with Gasteiger partial charge in [0.25, 0.3) is 0 Å². The molecule has 0 aliphatic carbocycles. The summed E-state index contributed by atoms with van der Waals surface area (Å²) in [6.45, 7) is 4.86. The molecule has 0 saturated heterocycles. The minimum atomic E-state index is 0. The molecule has 0 amide bonds. The lowest BCUT2D eigenvalue weighted by molar-refractivity contribution is 0.983. The van der Waals surface area contributed by atoms with Gasteiger partial charge in [-0.25, -0.2) is 0 Å². The molecule has 0 fully saturated rings. The zero-order chi connectivity index (χ0) is 13.7. The second kappa shape index (κ2) is 8.26. The van der Waals surface area contributed by atoms with E-state index in [0.29, 0.717) is 12.5 Å². The van der Waals surface area contributed by atoms with Crippen LogP contribution in [0.4, 0.5) is 5.69 Å². The Balaban J connectivity index is 0.00000200. The second-order valence-corrected chi connectivity index (χ2v) is 5.63. The topological polar surface area (TPSA) is 50.4 Å². The highest BCUT2D eigenvalue weighted by molar-refractivity contribution is 14.0. The Kier molecular flexibility index (Phi) is 7.01. The van der Waals surface area contributed by atoms with Gasteiger partial charge in [-0.1, -0.05) is 12.1 Å². The van der Waals surface area contributed by atoms with Gasteiger partial charge < -0.3 is 11.1 Å². The van der Waals surface area contributed by atoms with Crippen LogP contribution in [0.5, 0.6) is 0 Å². The molecule has 1 heterocycles. The Morgan fingerprint density at radius 2 is 1.95 bits per heavy atom. The Morgan fingerprint density at radius 1 is 1.25 bits per heavy atom. The fraction of sp³-hybridized carbons (Fsp3) is 0.267. The fourth-order valence-electron chi connectivity index (χ4n) is 1.98. The maximum atomic E-state index is 5.89. The van der Waals surface area contributed by atoms with E-state index in [4.69, 9.17) is 5.73 Å². The van der Waals surface area contributed by atoms with Crippen LogP contribution in [-0.4, -0.2) is 12.5 Å². The number of hydrogen-bond donors (Lipinski definition) is 2. The standard InChI is InChI=1S/C15H19N3S.HI/c1-11-8-12(2)10-13(9-11)18-15(16)17-6-5-14-4-3-7-19-14;/h3-4,7-10H,5-6H2,1-2H3,(H3,16,17,18);1H. The predicted molar refractivity (Wildman–Crippen MR) is 99.5 cm³/mol. The third-order valence-corrected chi connectivity index (χ3v) is 3.65. The number of nitrogens with one attached hydrogen (secondary N) is 1. The number of rotatable bonds is 4. The number of thiophene rings is 1. The molecule has 1 aromatic carbocycles. The van der Waals surface area contributed by atoms with E-state index in [2.05, 4.69) is 59.9 Å². The van der Waals surface area contributed by atoms with Crippen molar-refractivity contribution in [2.24, 2.45) is 10.7 Å². The van der Waals surface area contributed by atoms with Crippen molar-refractivity contribution >= 4 is 47.0 Å². The molecule has 0 aliphatic rings. The number of anilines is 1. The summed E-state index contributed by atoms with van der Waals surface area (Å²) in [4.78, 5) is 5.68. The smallest absolute Gasteiger partial charge is 0.193 e. The molecule has 108 valence electrons. The van der Waals surface area contributed by atoms with Crippen LogP contribution >= 0.6 is 35.3 Å². The maximum absolute atomic E-state index is 5.89. The summed E-state index contributed by atoms with van der Waals surface area (Å²) >= 11 is 1.75.